The third-order valence-electron chi connectivity index (χ3n) is 7.07. The zero-order valence-electron chi connectivity index (χ0n) is 19.7. The molecule has 2 unspecified atom stereocenters. The Balaban J connectivity index is 2.00. The lowest BCUT2D eigenvalue weighted by molar-refractivity contribution is 0.828. The SMILES string of the molecule is CCC(C)P(Cc1ccc2ccccc2c1-c1c(C)ccc2ccccc12)[C@H](C)CC. The van der Waals surface area contributed by atoms with E-state index in [0.717, 1.165) is 11.3 Å². The third kappa shape index (κ3) is 4.28. The zero-order valence-corrected chi connectivity index (χ0v) is 20.5. The van der Waals surface area contributed by atoms with Crippen molar-refractivity contribution in [3.63, 3.8) is 0 Å². The van der Waals surface area contributed by atoms with E-state index >= 15 is 0 Å². The molecule has 31 heavy (non-hydrogen) atoms. The molecule has 4 rings (SSSR count). The Kier molecular flexibility index (Phi) is 6.78. The first kappa shape index (κ1) is 22.0. The van der Waals surface area contributed by atoms with Crippen molar-refractivity contribution >= 4 is 29.5 Å². The molecule has 0 nitrogen and oxygen atoms in total. The topological polar surface area (TPSA) is 0 Å². The summed E-state index contributed by atoms with van der Waals surface area (Å²) in [4.78, 5) is 0. The van der Waals surface area contributed by atoms with Crippen LogP contribution in [0.5, 0.6) is 0 Å². The van der Waals surface area contributed by atoms with Gasteiger partial charge in [0.2, 0.25) is 0 Å². The van der Waals surface area contributed by atoms with Crippen molar-refractivity contribution in [2.24, 2.45) is 0 Å². The number of rotatable bonds is 7. The van der Waals surface area contributed by atoms with Crippen LogP contribution in [0.25, 0.3) is 32.7 Å². The Hall–Kier alpha value is -2.17. The molecule has 4 aromatic rings. The second-order valence-corrected chi connectivity index (χ2v) is 12.1. The van der Waals surface area contributed by atoms with Gasteiger partial charge < -0.3 is 0 Å². The van der Waals surface area contributed by atoms with Gasteiger partial charge in [0.1, 0.15) is 0 Å². The lowest BCUT2D eigenvalue weighted by Gasteiger charge is -2.31. The van der Waals surface area contributed by atoms with Crippen LogP contribution in [0, 0.1) is 6.92 Å². The van der Waals surface area contributed by atoms with E-state index in [1.807, 2.05) is 0 Å². The van der Waals surface area contributed by atoms with Crippen molar-refractivity contribution in [3.05, 3.63) is 83.9 Å². The molecule has 0 saturated heterocycles. The minimum absolute atomic E-state index is 0.0744. The summed E-state index contributed by atoms with van der Waals surface area (Å²) in [6, 6.07) is 27.2. The summed E-state index contributed by atoms with van der Waals surface area (Å²) in [5.74, 6) is 0. The van der Waals surface area contributed by atoms with Crippen molar-refractivity contribution < 1.29 is 0 Å². The van der Waals surface area contributed by atoms with E-state index in [-0.39, 0.29) is 7.92 Å². The predicted molar refractivity (Wildman–Crippen MR) is 142 cm³/mol. The fourth-order valence-corrected chi connectivity index (χ4v) is 7.96. The fourth-order valence-electron chi connectivity index (χ4n) is 4.87. The molecule has 1 heteroatoms. The monoisotopic (exact) mass is 426 g/mol. The van der Waals surface area contributed by atoms with Crippen LogP contribution in [0.3, 0.4) is 0 Å². The largest absolute Gasteiger partial charge is 0.0964 e. The Morgan fingerprint density at radius 1 is 0.645 bits per heavy atom. The van der Waals surface area contributed by atoms with Gasteiger partial charge in [0, 0.05) is 0 Å². The normalized spacial score (nSPS) is 14.6. The maximum atomic E-state index is 2.47. The van der Waals surface area contributed by atoms with Gasteiger partial charge >= 0.3 is 0 Å². The van der Waals surface area contributed by atoms with Crippen molar-refractivity contribution in [1.29, 1.82) is 0 Å². The van der Waals surface area contributed by atoms with Crippen LogP contribution < -0.4 is 0 Å². The summed E-state index contributed by atoms with van der Waals surface area (Å²) in [6.07, 6.45) is 3.75. The van der Waals surface area contributed by atoms with Gasteiger partial charge in [-0.05, 0) is 81.0 Å². The lowest BCUT2D eigenvalue weighted by Crippen LogP contribution is -2.11. The minimum Gasteiger partial charge on any atom is -0.0964 e. The second kappa shape index (κ2) is 9.54. The van der Waals surface area contributed by atoms with Gasteiger partial charge in [-0.15, -0.1) is 0 Å². The number of benzene rings is 4. The summed E-state index contributed by atoms with van der Waals surface area (Å²) < 4.78 is 0. The number of hydrogen-bond acceptors (Lipinski definition) is 0. The molecule has 0 radical (unpaired) electrons. The highest BCUT2D eigenvalue weighted by Crippen LogP contribution is 2.53. The average Bonchev–Trinajstić information content (AvgIpc) is 2.81. The molecule has 4 aromatic carbocycles. The molecule has 0 aliphatic carbocycles. The summed E-state index contributed by atoms with van der Waals surface area (Å²) in [5.41, 5.74) is 7.37. The Morgan fingerprint density at radius 2 is 1.16 bits per heavy atom. The molecule has 0 N–H and O–H groups in total. The van der Waals surface area contributed by atoms with E-state index in [4.69, 9.17) is 0 Å². The van der Waals surface area contributed by atoms with E-state index in [1.54, 1.807) is 0 Å². The smallest absolute Gasteiger partial charge is 0.00608 e. The maximum Gasteiger partial charge on any atom is -0.00608 e. The first-order chi connectivity index (χ1) is 15.0. The summed E-state index contributed by atoms with van der Waals surface area (Å²) >= 11 is 0. The van der Waals surface area contributed by atoms with Crippen molar-refractivity contribution in [1.82, 2.24) is 0 Å². The van der Waals surface area contributed by atoms with Crippen LogP contribution in [-0.4, -0.2) is 11.3 Å². The Bertz CT molecular complexity index is 1180. The average molecular weight is 427 g/mol. The lowest BCUT2D eigenvalue weighted by atomic mass is 9.88. The molecule has 0 bridgehead atoms. The van der Waals surface area contributed by atoms with Gasteiger partial charge in [0.15, 0.2) is 0 Å². The number of fused-ring (bicyclic) bond motifs is 2. The molecular weight excluding hydrogens is 391 g/mol. The predicted octanol–water partition coefficient (Wildman–Crippen LogP) is 9.55. The first-order valence-electron chi connectivity index (χ1n) is 11.8. The van der Waals surface area contributed by atoms with Crippen LogP contribution in [0.2, 0.25) is 0 Å². The second-order valence-electron chi connectivity index (χ2n) is 8.99. The molecule has 160 valence electrons. The fraction of sp³-hybridized carbons (Fsp3) is 0.333. The molecule has 0 spiro atoms. The van der Waals surface area contributed by atoms with Crippen LogP contribution in [0.4, 0.5) is 0 Å². The van der Waals surface area contributed by atoms with E-state index in [9.17, 15) is 0 Å². The van der Waals surface area contributed by atoms with Crippen LogP contribution in [-0.2, 0) is 6.16 Å². The Labute approximate surface area is 189 Å². The van der Waals surface area contributed by atoms with Gasteiger partial charge in [-0.1, -0.05) is 108 Å². The molecule has 0 heterocycles. The van der Waals surface area contributed by atoms with Gasteiger partial charge in [-0.25, -0.2) is 0 Å². The summed E-state index contributed by atoms with van der Waals surface area (Å²) in [5, 5.41) is 5.43. The molecule has 0 aliphatic heterocycles. The molecular formula is C30H35P. The molecule has 0 amide bonds. The third-order valence-corrected chi connectivity index (χ3v) is 10.8. The van der Waals surface area contributed by atoms with Gasteiger partial charge in [-0.3, -0.25) is 0 Å². The van der Waals surface area contributed by atoms with Crippen LogP contribution in [0.1, 0.15) is 51.7 Å². The minimum atomic E-state index is -0.0744. The van der Waals surface area contributed by atoms with Crippen molar-refractivity contribution in [2.45, 2.75) is 64.9 Å². The highest BCUT2D eigenvalue weighted by Gasteiger charge is 2.24. The highest BCUT2D eigenvalue weighted by atomic mass is 31.1. The standard InChI is InChI=1S/C30H35P/c1-6-22(4)31(23(5)7-2)20-26-19-18-25-13-9-11-15-28(25)30(26)29-21(3)16-17-24-12-8-10-14-27(24)29/h8-19,22-23H,6-7,20H2,1-5H3/t22-,23?,31?/m1/s1. The van der Waals surface area contributed by atoms with E-state index in [1.165, 1.54) is 62.8 Å². The van der Waals surface area contributed by atoms with Crippen molar-refractivity contribution in [2.75, 3.05) is 0 Å². The maximum absolute atomic E-state index is 2.47. The Morgan fingerprint density at radius 3 is 1.74 bits per heavy atom. The highest BCUT2D eigenvalue weighted by molar-refractivity contribution is 7.58. The molecule has 0 saturated carbocycles. The van der Waals surface area contributed by atoms with Crippen LogP contribution >= 0.6 is 7.92 Å². The zero-order chi connectivity index (χ0) is 22.0. The first-order valence-corrected chi connectivity index (χ1v) is 13.5. The number of aryl methyl sites for hydroxylation is 1. The summed E-state index contributed by atoms with van der Waals surface area (Å²) in [7, 11) is -0.0744. The van der Waals surface area contributed by atoms with E-state index in [0.29, 0.717) is 0 Å². The van der Waals surface area contributed by atoms with Gasteiger partial charge in [0.05, 0.1) is 0 Å². The van der Waals surface area contributed by atoms with Crippen molar-refractivity contribution in [3.8, 4) is 11.1 Å². The molecule has 0 aliphatic rings. The van der Waals surface area contributed by atoms with E-state index < -0.39 is 0 Å². The quantitative estimate of drug-likeness (QED) is 0.258. The molecule has 0 fully saturated rings. The van der Waals surface area contributed by atoms with Gasteiger partial charge in [-0.2, -0.15) is 0 Å². The van der Waals surface area contributed by atoms with Crippen LogP contribution in [0.15, 0.2) is 72.8 Å². The molecule has 0 aromatic heterocycles. The number of hydrogen-bond donors (Lipinski definition) is 0. The van der Waals surface area contributed by atoms with E-state index in [2.05, 4.69) is 107 Å². The van der Waals surface area contributed by atoms with Gasteiger partial charge in [0.25, 0.3) is 0 Å². The molecule has 3 atom stereocenters. The summed E-state index contributed by atoms with van der Waals surface area (Å²) in [6.45, 7) is 11.9.